The molecule has 3 aromatic heterocycles. The van der Waals surface area contributed by atoms with Gasteiger partial charge in [-0.15, -0.1) is 5.10 Å². The predicted octanol–water partition coefficient (Wildman–Crippen LogP) is 1.97. The number of nitrogens with zero attached hydrogens (tertiary/aromatic N) is 5. The van der Waals surface area contributed by atoms with E-state index in [-0.39, 0.29) is 0 Å². The molecule has 0 amide bonds. The van der Waals surface area contributed by atoms with E-state index in [1.807, 2.05) is 16.7 Å². The highest BCUT2D eigenvalue weighted by Crippen LogP contribution is 2.21. The molecule has 3 rings (SSSR count). The standard InChI is InChI=1S/C13H20N6OSi/c1-21(2,3)7-6-20-9-19-13-11(16-17-19)12-10(14)4-5-18(12)8-15-13/h4-5,8H,6-7,9,14H2,1-3H3. The number of aromatic nitrogens is 5. The molecule has 3 heterocycles. The Hall–Kier alpha value is -1.93. The van der Waals surface area contributed by atoms with E-state index in [1.54, 1.807) is 11.0 Å². The Kier molecular flexibility index (Phi) is 3.42. The Labute approximate surface area is 123 Å². The first kappa shape index (κ1) is 14.0. The summed E-state index contributed by atoms with van der Waals surface area (Å²) < 4.78 is 9.23. The average Bonchev–Trinajstić information content (AvgIpc) is 2.98. The SMILES string of the molecule is C[Si](C)(C)CCOCn1nnc2c1ncn1ccc(N)c21. The van der Waals surface area contributed by atoms with Crippen LogP contribution >= 0.6 is 0 Å². The molecule has 0 spiro atoms. The van der Waals surface area contributed by atoms with E-state index in [4.69, 9.17) is 10.5 Å². The summed E-state index contributed by atoms with van der Waals surface area (Å²) in [6.07, 6.45) is 3.58. The lowest BCUT2D eigenvalue weighted by molar-refractivity contribution is 0.0798. The maximum absolute atomic E-state index is 5.97. The number of ether oxygens (including phenoxy) is 1. The Morgan fingerprint density at radius 3 is 2.90 bits per heavy atom. The fraction of sp³-hybridized carbons (Fsp3) is 0.462. The van der Waals surface area contributed by atoms with Crippen LogP contribution in [-0.2, 0) is 11.5 Å². The summed E-state index contributed by atoms with van der Waals surface area (Å²) in [5, 5.41) is 8.31. The third-order valence-corrected chi connectivity index (χ3v) is 5.10. The fourth-order valence-electron chi connectivity index (χ4n) is 2.14. The Morgan fingerprint density at radius 2 is 2.14 bits per heavy atom. The maximum Gasteiger partial charge on any atom is 0.184 e. The molecule has 2 N–H and O–H groups in total. The van der Waals surface area contributed by atoms with Crippen molar-refractivity contribution in [2.45, 2.75) is 32.4 Å². The van der Waals surface area contributed by atoms with E-state index in [0.717, 1.165) is 18.2 Å². The second-order valence-corrected chi connectivity index (χ2v) is 12.0. The summed E-state index contributed by atoms with van der Waals surface area (Å²) >= 11 is 0. The van der Waals surface area contributed by atoms with E-state index in [9.17, 15) is 0 Å². The van der Waals surface area contributed by atoms with Crippen LogP contribution in [0, 0.1) is 0 Å². The van der Waals surface area contributed by atoms with Crippen LogP contribution in [0.2, 0.25) is 25.7 Å². The van der Waals surface area contributed by atoms with Crippen molar-refractivity contribution in [1.82, 2.24) is 24.4 Å². The normalized spacial score (nSPS) is 12.5. The van der Waals surface area contributed by atoms with E-state index in [2.05, 4.69) is 34.9 Å². The minimum absolute atomic E-state index is 0.366. The van der Waals surface area contributed by atoms with Crippen LogP contribution in [0.15, 0.2) is 18.6 Å². The largest absolute Gasteiger partial charge is 0.397 e. The monoisotopic (exact) mass is 304 g/mol. The summed E-state index contributed by atoms with van der Waals surface area (Å²) in [7, 11) is -1.07. The zero-order valence-electron chi connectivity index (χ0n) is 12.6. The van der Waals surface area contributed by atoms with Crippen LogP contribution in [-0.4, -0.2) is 39.1 Å². The summed E-state index contributed by atoms with van der Waals surface area (Å²) in [5.41, 5.74) is 8.88. The Morgan fingerprint density at radius 1 is 1.33 bits per heavy atom. The van der Waals surface area contributed by atoms with Gasteiger partial charge < -0.3 is 14.9 Å². The number of hydrogen-bond donors (Lipinski definition) is 1. The van der Waals surface area contributed by atoms with Crippen LogP contribution in [0.25, 0.3) is 16.7 Å². The number of nitrogens with two attached hydrogens (primary N) is 1. The lowest BCUT2D eigenvalue weighted by Crippen LogP contribution is -2.22. The molecule has 7 nitrogen and oxygen atoms in total. The molecule has 112 valence electrons. The molecule has 21 heavy (non-hydrogen) atoms. The van der Waals surface area contributed by atoms with Crippen molar-refractivity contribution < 1.29 is 4.74 Å². The first-order valence-electron chi connectivity index (χ1n) is 6.98. The molecule has 0 aliphatic heterocycles. The van der Waals surface area contributed by atoms with Gasteiger partial charge in [0.2, 0.25) is 0 Å². The molecule has 0 saturated heterocycles. The van der Waals surface area contributed by atoms with Crippen molar-refractivity contribution >= 4 is 30.4 Å². The first-order valence-corrected chi connectivity index (χ1v) is 10.7. The van der Waals surface area contributed by atoms with Gasteiger partial charge >= 0.3 is 0 Å². The molecule has 0 aliphatic carbocycles. The summed E-state index contributed by atoms with van der Waals surface area (Å²) in [6.45, 7) is 8.09. The van der Waals surface area contributed by atoms with E-state index < -0.39 is 8.07 Å². The second kappa shape index (κ2) is 5.12. The van der Waals surface area contributed by atoms with Gasteiger partial charge in [0.05, 0.1) is 5.69 Å². The van der Waals surface area contributed by atoms with E-state index in [1.165, 1.54) is 0 Å². The molecule has 0 unspecified atom stereocenters. The zero-order valence-corrected chi connectivity index (χ0v) is 13.6. The number of nitrogen functional groups attached to an aromatic ring is 1. The molecular formula is C13H20N6OSi. The third kappa shape index (κ3) is 2.77. The van der Waals surface area contributed by atoms with Gasteiger partial charge in [0.25, 0.3) is 0 Å². The van der Waals surface area contributed by atoms with Crippen molar-refractivity contribution in [1.29, 1.82) is 0 Å². The highest BCUT2D eigenvalue weighted by atomic mass is 28.3. The lowest BCUT2D eigenvalue weighted by atomic mass is 10.4. The molecule has 8 heteroatoms. The van der Waals surface area contributed by atoms with E-state index >= 15 is 0 Å². The smallest absolute Gasteiger partial charge is 0.184 e. The van der Waals surface area contributed by atoms with Crippen LogP contribution < -0.4 is 5.73 Å². The molecule has 0 saturated carbocycles. The van der Waals surface area contributed by atoms with Gasteiger partial charge in [0, 0.05) is 20.9 Å². The van der Waals surface area contributed by atoms with Gasteiger partial charge in [-0.1, -0.05) is 24.9 Å². The van der Waals surface area contributed by atoms with Gasteiger partial charge in [-0.05, 0) is 12.1 Å². The number of fused-ring (bicyclic) bond motifs is 3. The van der Waals surface area contributed by atoms with Crippen LogP contribution in [0.3, 0.4) is 0 Å². The average molecular weight is 304 g/mol. The van der Waals surface area contributed by atoms with Gasteiger partial charge in [-0.3, -0.25) is 0 Å². The van der Waals surface area contributed by atoms with Crippen molar-refractivity contribution in [3.05, 3.63) is 18.6 Å². The molecule has 3 aromatic rings. The third-order valence-electron chi connectivity index (χ3n) is 3.39. The molecule has 0 bridgehead atoms. The predicted molar refractivity (Wildman–Crippen MR) is 84.8 cm³/mol. The highest BCUT2D eigenvalue weighted by molar-refractivity contribution is 6.76. The lowest BCUT2D eigenvalue weighted by Gasteiger charge is -2.15. The first-order chi connectivity index (χ1) is 9.96. The molecular weight excluding hydrogens is 284 g/mol. The van der Waals surface area contributed by atoms with Gasteiger partial charge in [0.15, 0.2) is 11.2 Å². The van der Waals surface area contributed by atoms with Crippen molar-refractivity contribution in [2.75, 3.05) is 12.3 Å². The van der Waals surface area contributed by atoms with Crippen LogP contribution in [0.1, 0.15) is 0 Å². The Balaban J connectivity index is 1.81. The molecule has 0 fully saturated rings. The fourth-order valence-corrected chi connectivity index (χ4v) is 2.90. The Bertz CT molecular complexity index is 772. The van der Waals surface area contributed by atoms with Crippen LogP contribution in [0.5, 0.6) is 0 Å². The summed E-state index contributed by atoms with van der Waals surface area (Å²) in [5.74, 6) is 0. The van der Waals surface area contributed by atoms with Gasteiger partial charge in [-0.2, -0.15) is 0 Å². The topological polar surface area (TPSA) is 83.3 Å². The zero-order chi connectivity index (χ0) is 15.0. The number of anilines is 1. The molecule has 0 atom stereocenters. The summed E-state index contributed by atoms with van der Waals surface area (Å²) in [6, 6.07) is 2.96. The second-order valence-electron chi connectivity index (χ2n) is 6.38. The van der Waals surface area contributed by atoms with Gasteiger partial charge in [-0.25, -0.2) is 9.67 Å². The van der Waals surface area contributed by atoms with Crippen molar-refractivity contribution in [2.24, 2.45) is 0 Å². The van der Waals surface area contributed by atoms with Crippen LogP contribution in [0.4, 0.5) is 5.69 Å². The minimum atomic E-state index is -1.07. The quantitative estimate of drug-likeness (QED) is 0.575. The van der Waals surface area contributed by atoms with E-state index in [0.29, 0.717) is 23.6 Å². The van der Waals surface area contributed by atoms with Crippen molar-refractivity contribution in [3.63, 3.8) is 0 Å². The molecule has 0 aromatic carbocycles. The number of hydrogen-bond acceptors (Lipinski definition) is 5. The molecule has 0 aliphatic rings. The number of rotatable bonds is 5. The highest BCUT2D eigenvalue weighted by Gasteiger charge is 2.14. The minimum Gasteiger partial charge on any atom is -0.397 e. The summed E-state index contributed by atoms with van der Waals surface area (Å²) in [4.78, 5) is 4.38. The maximum atomic E-state index is 5.97. The molecule has 0 radical (unpaired) electrons. The van der Waals surface area contributed by atoms with Crippen molar-refractivity contribution in [3.8, 4) is 0 Å². The van der Waals surface area contributed by atoms with Gasteiger partial charge in [0.1, 0.15) is 18.6 Å².